The molecule has 0 bridgehead atoms. The van der Waals surface area contributed by atoms with Crippen molar-refractivity contribution in [3.63, 3.8) is 0 Å². The molecule has 1 saturated heterocycles. The first kappa shape index (κ1) is 28.4. The van der Waals surface area contributed by atoms with Crippen LogP contribution in [-0.2, 0) is 19.1 Å². The van der Waals surface area contributed by atoms with E-state index in [9.17, 15) is 49.2 Å². The standard InChI is InChI=1S/C18H25N5O13/c1-4(6(24)3-35-17(20)33)7(19)13(28)21-8(16(31)32)11-9(25)10(26)14(36-11)23-2-5(15(29)30)12(27)22-18(23)34/h2,4,6-11,14,24-26H,3,19H2,1H3,(H2,20,33)(H,21,28)(H,29,30)(H,31,32)(H,22,27,34)/t4-,6+,7+,8?,9+,10-,11?,14?/m1/s1. The molecule has 0 spiro atoms. The monoisotopic (exact) mass is 519 g/mol. The number of primary amides is 1. The first-order chi connectivity index (χ1) is 16.7. The van der Waals surface area contributed by atoms with Gasteiger partial charge >= 0.3 is 23.7 Å². The number of nitrogens with one attached hydrogen (secondary N) is 2. The van der Waals surface area contributed by atoms with E-state index in [-0.39, 0.29) is 0 Å². The lowest BCUT2D eigenvalue weighted by Crippen LogP contribution is -2.58. The Morgan fingerprint density at radius 2 is 1.83 bits per heavy atom. The van der Waals surface area contributed by atoms with Gasteiger partial charge in [0.05, 0.1) is 12.1 Å². The van der Waals surface area contributed by atoms with Crippen molar-refractivity contribution in [2.75, 3.05) is 6.61 Å². The van der Waals surface area contributed by atoms with Crippen LogP contribution in [0.15, 0.2) is 15.8 Å². The van der Waals surface area contributed by atoms with E-state index in [2.05, 4.69) is 4.74 Å². The van der Waals surface area contributed by atoms with Gasteiger partial charge in [-0.1, -0.05) is 6.92 Å². The fraction of sp³-hybridized carbons (Fsp3) is 0.556. The Kier molecular flexibility index (Phi) is 8.89. The van der Waals surface area contributed by atoms with Crippen molar-refractivity contribution < 1.29 is 54.2 Å². The fourth-order valence-electron chi connectivity index (χ4n) is 3.35. The van der Waals surface area contributed by atoms with Crippen LogP contribution in [0.5, 0.6) is 0 Å². The number of aromatic nitrogens is 2. The lowest BCUT2D eigenvalue weighted by atomic mass is 9.95. The Balaban J connectivity index is 2.25. The van der Waals surface area contributed by atoms with E-state index in [4.69, 9.17) is 21.3 Å². The predicted octanol–water partition coefficient (Wildman–Crippen LogP) is -5.16. The second kappa shape index (κ2) is 11.3. The molecule has 0 saturated carbocycles. The maximum Gasteiger partial charge on any atom is 0.404 e. The average Bonchev–Trinajstić information content (AvgIpc) is 3.08. The van der Waals surface area contributed by atoms with E-state index in [0.717, 1.165) is 0 Å². The summed E-state index contributed by atoms with van der Waals surface area (Å²) in [5, 5.41) is 51.4. The maximum atomic E-state index is 12.5. The molecule has 0 aliphatic carbocycles. The van der Waals surface area contributed by atoms with Crippen molar-refractivity contribution in [1.82, 2.24) is 14.9 Å². The van der Waals surface area contributed by atoms with Crippen LogP contribution in [0.2, 0.25) is 0 Å². The fourth-order valence-corrected chi connectivity index (χ4v) is 3.35. The molecule has 36 heavy (non-hydrogen) atoms. The van der Waals surface area contributed by atoms with E-state index < -0.39 is 96.0 Å². The minimum absolute atomic E-state index is 0.433. The van der Waals surface area contributed by atoms with Crippen molar-refractivity contribution in [2.24, 2.45) is 17.4 Å². The molecule has 0 aromatic carbocycles. The highest BCUT2D eigenvalue weighted by atomic mass is 16.6. The second-order valence-electron chi connectivity index (χ2n) is 7.89. The Morgan fingerprint density at radius 1 is 1.22 bits per heavy atom. The number of rotatable bonds is 10. The Bertz CT molecular complexity index is 1130. The van der Waals surface area contributed by atoms with Crippen LogP contribution in [-0.4, -0.2) is 102 Å². The number of aliphatic hydroxyl groups is 3. The molecule has 2 rings (SSSR count). The molecule has 18 heteroatoms. The number of hydrogen-bond donors (Lipinski definition) is 9. The number of amides is 2. The van der Waals surface area contributed by atoms with Crippen molar-refractivity contribution in [1.29, 1.82) is 0 Å². The summed E-state index contributed by atoms with van der Waals surface area (Å²) in [4.78, 5) is 71.7. The van der Waals surface area contributed by atoms with E-state index in [1.54, 1.807) is 4.98 Å². The van der Waals surface area contributed by atoms with Gasteiger partial charge in [0, 0.05) is 12.1 Å². The van der Waals surface area contributed by atoms with Crippen LogP contribution in [0, 0.1) is 5.92 Å². The van der Waals surface area contributed by atoms with Gasteiger partial charge in [0.25, 0.3) is 5.56 Å². The number of ether oxygens (including phenoxy) is 2. The summed E-state index contributed by atoms with van der Waals surface area (Å²) in [5.41, 5.74) is 7.14. The summed E-state index contributed by atoms with van der Waals surface area (Å²) in [6, 6.07) is -3.61. The van der Waals surface area contributed by atoms with Gasteiger partial charge in [0.15, 0.2) is 12.3 Å². The number of nitrogens with two attached hydrogens (primary N) is 2. The zero-order valence-corrected chi connectivity index (χ0v) is 18.5. The minimum atomic E-state index is -2.05. The largest absolute Gasteiger partial charge is 0.480 e. The number of aromatic amines is 1. The van der Waals surface area contributed by atoms with Gasteiger partial charge in [0.2, 0.25) is 5.91 Å². The Hall–Kier alpha value is -3.84. The molecule has 8 atom stereocenters. The summed E-state index contributed by atoms with van der Waals surface area (Å²) in [6.07, 6.45) is -9.88. The van der Waals surface area contributed by atoms with Crippen molar-refractivity contribution in [2.45, 2.75) is 49.7 Å². The molecule has 1 aromatic rings. The summed E-state index contributed by atoms with van der Waals surface area (Å²) in [5.74, 6) is -5.70. The summed E-state index contributed by atoms with van der Waals surface area (Å²) >= 11 is 0. The molecule has 1 aliphatic heterocycles. The van der Waals surface area contributed by atoms with Gasteiger partial charge in [0.1, 0.15) is 30.5 Å². The second-order valence-corrected chi connectivity index (χ2v) is 7.89. The van der Waals surface area contributed by atoms with E-state index in [0.29, 0.717) is 10.8 Å². The number of nitrogens with zero attached hydrogens (tertiary/aromatic N) is 1. The molecule has 11 N–H and O–H groups in total. The molecule has 0 radical (unpaired) electrons. The summed E-state index contributed by atoms with van der Waals surface area (Å²) in [6.45, 7) is 0.683. The maximum absolute atomic E-state index is 12.5. The molecule has 3 unspecified atom stereocenters. The highest BCUT2D eigenvalue weighted by Crippen LogP contribution is 2.30. The number of carbonyl (C=O) groups excluding carboxylic acids is 2. The van der Waals surface area contributed by atoms with E-state index >= 15 is 0 Å². The molecular weight excluding hydrogens is 494 g/mol. The lowest BCUT2D eigenvalue weighted by molar-refractivity contribution is -0.149. The molecule has 18 nitrogen and oxygen atoms in total. The third-order valence-electron chi connectivity index (χ3n) is 5.51. The van der Waals surface area contributed by atoms with Crippen LogP contribution in [0.4, 0.5) is 4.79 Å². The topological polar surface area (TPSA) is 307 Å². The van der Waals surface area contributed by atoms with Crippen LogP contribution in [0.3, 0.4) is 0 Å². The number of hydrogen-bond acceptors (Lipinski definition) is 12. The molecule has 1 aliphatic rings. The van der Waals surface area contributed by atoms with E-state index in [1.807, 2.05) is 5.32 Å². The zero-order valence-electron chi connectivity index (χ0n) is 18.5. The van der Waals surface area contributed by atoms with Crippen molar-refractivity contribution >= 4 is 23.9 Å². The number of aromatic carboxylic acids is 1. The van der Waals surface area contributed by atoms with E-state index in [1.165, 1.54) is 6.92 Å². The smallest absolute Gasteiger partial charge is 0.404 e. The van der Waals surface area contributed by atoms with Crippen LogP contribution < -0.4 is 28.0 Å². The predicted molar refractivity (Wildman–Crippen MR) is 112 cm³/mol. The number of carbonyl (C=O) groups is 4. The number of carboxylic acids is 2. The van der Waals surface area contributed by atoms with Crippen LogP contribution in [0.1, 0.15) is 23.5 Å². The molecule has 2 amide bonds. The molecule has 1 aromatic heterocycles. The van der Waals surface area contributed by atoms with Crippen LogP contribution in [0.25, 0.3) is 0 Å². The highest BCUT2D eigenvalue weighted by molar-refractivity contribution is 5.87. The van der Waals surface area contributed by atoms with Crippen molar-refractivity contribution in [3.8, 4) is 0 Å². The average molecular weight is 519 g/mol. The molecule has 1 fully saturated rings. The Labute approximate surface area is 200 Å². The van der Waals surface area contributed by atoms with Crippen LogP contribution >= 0.6 is 0 Å². The third-order valence-corrected chi connectivity index (χ3v) is 5.51. The summed E-state index contributed by atoms with van der Waals surface area (Å²) < 4.78 is 10.1. The zero-order chi connectivity index (χ0) is 27.5. The normalized spacial score (nSPS) is 24.8. The minimum Gasteiger partial charge on any atom is -0.480 e. The number of aliphatic carboxylic acids is 1. The van der Waals surface area contributed by atoms with Crippen molar-refractivity contribution in [3.05, 3.63) is 32.6 Å². The number of aliphatic hydroxyl groups excluding tert-OH is 3. The van der Waals surface area contributed by atoms with Gasteiger partial charge in [-0.2, -0.15) is 0 Å². The van der Waals surface area contributed by atoms with Gasteiger partial charge in [-0.05, 0) is 0 Å². The number of H-pyrrole nitrogens is 1. The number of carboxylic acid groups (broad SMARTS) is 2. The van der Waals surface area contributed by atoms with Gasteiger partial charge in [-0.15, -0.1) is 0 Å². The quantitative estimate of drug-likeness (QED) is 0.140. The summed E-state index contributed by atoms with van der Waals surface area (Å²) in [7, 11) is 0. The molecular formula is C18H25N5O13. The third kappa shape index (κ3) is 6.04. The SMILES string of the molecule is C[C@@H]([C@H](N)C(=O)NC(C(=O)O)C1OC(n2cc(C(=O)O)c(=O)[nH]c2=O)[C@H](O)[C@@H]1O)[C@@H](O)COC(N)=O. The molecule has 2 heterocycles. The highest BCUT2D eigenvalue weighted by Gasteiger charge is 2.50. The Morgan fingerprint density at radius 3 is 2.36 bits per heavy atom. The first-order valence-electron chi connectivity index (χ1n) is 10.2. The van der Waals surface area contributed by atoms with Gasteiger partial charge in [-0.25, -0.2) is 19.2 Å². The van der Waals surface area contributed by atoms with Gasteiger partial charge in [-0.3, -0.25) is 19.1 Å². The lowest BCUT2D eigenvalue weighted by Gasteiger charge is -2.27. The first-order valence-corrected chi connectivity index (χ1v) is 10.2. The van der Waals surface area contributed by atoms with Gasteiger partial charge < -0.3 is 51.8 Å². The molecule has 200 valence electrons.